The Bertz CT molecular complexity index is 1000. The van der Waals surface area contributed by atoms with Crippen LogP contribution in [0, 0.1) is 17.3 Å². The lowest BCUT2D eigenvalue weighted by molar-refractivity contribution is -0.305. The van der Waals surface area contributed by atoms with E-state index in [1.807, 2.05) is 6.07 Å². The second-order valence-corrected chi connectivity index (χ2v) is 8.67. The molecule has 0 unspecified atom stereocenters. The van der Waals surface area contributed by atoms with Crippen molar-refractivity contribution >= 4 is 5.82 Å². The van der Waals surface area contributed by atoms with E-state index < -0.39 is 11.4 Å². The number of rotatable bonds is 4. The molecular formula is C24H29N3O4. The van der Waals surface area contributed by atoms with Gasteiger partial charge in [-0.3, -0.25) is 0 Å². The summed E-state index contributed by atoms with van der Waals surface area (Å²) in [7, 11) is 5.13. The van der Waals surface area contributed by atoms with E-state index >= 15 is 0 Å². The van der Waals surface area contributed by atoms with Crippen LogP contribution in [0.3, 0.4) is 0 Å². The van der Waals surface area contributed by atoms with Gasteiger partial charge in [-0.1, -0.05) is 24.0 Å². The predicted octanol–water partition coefficient (Wildman–Crippen LogP) is 3.51. The molecule has 4 rings (SSSR count). The number of para-hydroxylation sites is 1. The molecule has 0 bridgehead atoms. The molecule has 0 saturated heterocycles. The molecule has 2 saturated carbocycles. The number of nitrogens with zero attached hydrogens (tertiary/aromatic N) is 2. The number of nitrogens with two attached hydrogens (primary N) is 1. The summed E-state index contributed by atoms with van der Waals surface area (Å²) in [6.45, 7) is 0. The van der Waals surface area contributed by atoms with Crippen molar-refractivity contribution in [2.75, 3.05) is 27.1 Å². The summed E-state index contributed by atoms with van der Waals surface area (Å²) in [6, 6.07) is 8.74. The zero-order valence-electron chi connectivity index (χ0n) is 18.3. The van der Waals surface area contributed by atoms with E-state index in [1.165, 1.54) is 0 Å². The third kappa shape index (κ3) is 3.99. The highest BCUT2D eigenvalue weighted by Crippen LogP contribution is 2.59. The maximum Gasteiger partial charge on any atom is 0.168 e. The van der Waals surface area contributed by atoms with E-state index in [4.69, 9.17) is 19.9 Å². The van der Waals surface area contributed by atoms with Crippen LogP contribution in [0.1, 0.15) is 44.1 Å². The van der Waals surface area contributed by atoms with Gasteiger partial charge in [0.2, 0.25) is 0 Å². The Balaban J connectivity index is 1.53. The highest BCUT2D eigenvalue weighted by Gasteiger charge is 2.58. The summed E-state index contributed by atoms with van der Waals surface area (Å²) in [5.74, 6) is 6.46. The first kappa shape index (κ1) is 21.6. The third-order valence-corrected chi connectivity index (χ3v) is 6.97. The summed E-state index contributed by atoms with van der Waals surface area (Å²) in [5, 5.41) is 18.3. The summed E-state index contributed by atoms with van der Waals surface area (Å²) in [6.07, 6.45) is 5.51. The van der Waals surface area contributed by atoms with E-state index in [-0.39, 0.29) is 17.0 Å². The molecule has 2 aromatic rings. The fourth-order valence-corrected chi connectivity index (χ4v) is 4.89. The minimum atomic E-state index is -0.519. The van der Waals surface area contributed by atoms with Gasteiger partial charge >= 0.3 is 0 Å². The topological polar surface area (TPSA) is 99.7 Å². The summed E-state index contributed by atoms with van der Waals surface area (Å²) in [5.41, 5.74) is 7.44. The van der Waals surface area contributed by atoms with Crippen LogP contribution in [-0.4, -0.2) is 48.0 Å². The number of anilines is 1. The maximum absolute atomic E-state index is 10.1. The van der Waals surface area contributed by atoms with E-state index in [1.54, 1.807) is 45.6 Å². The predicted molar refractivity (Wildman–Crippen MR) is 117 cm³/mol. The monoisotopic (exact) mass is 423 g/mol. The SMILES string of the molecule is COC1(C#Cc2cc(-c3ccccc3O)nnc2N)CCC2(CC1)CC(OC)(OC)C2. The van der Waals surface area contributed by atoms with Crippen LogP contribution in [-0.2, 0) is 14.2 Å². The van der Waals surface area contributed by atoms with Gasteiger partial charge in [0, 0.05) is 39.7 Å². The number of nitrogen functional groups attached to an aromatic ring is 1. The van der Waals surface area contributed by atoms with Gasteiger partial charge in [0.15, 0.2) is 11.6 Å². The molecule has 2 fully saturated rings. The normalized spacial score (nSPS) is 20.5. The molecule has 31 heavy (non-hydrogen) atoms. The Morgan fingerprint density at radius 1 is 0.968 bits per heavy atom. The smallest absolute Gasteiger partial charge is 0.168 e. The van der Waals surface area contributed by atoms with Gasteiger partial charge in [0.1, 0.15) is 11.4 Å². The Morgan fingerprint density at radius 2 is 1.65 bits per heavy atom. The quantitative estimate of drug-likeness (QED) is 0.573. The number of hydrogen-bond acceptors (Lipinski definition) is 7. The van der Waals surface area contributed by atoms with Crippen LogP contribution in [0.15, 0.2) is 30.3 Å². The lowest BCUT2D eigenvalue weighted by Crippen LogP contribution is -2.57. The lowest BCUT2D eigenvalue weighted by atomic mass is 9.55. The van der Waals surface area contributed by atoms with Crippen molar-refractivity contribution in [2.45, 2.75) is 49.9 Å². The van der Waals surface area contributed by atoms with Crippen molar-refractivity contribution in [2.24, 2.45) is 5.41 Å². The molecule has 0 radical (unpaired) electrons. The van der Waals surface area contributed by atoms with Crippen LogP contribution >= 0.6 is 0 Å². The molecule has 1 aromatic heterocycles. The average Bonchev–Trinajstić information content (AvgIpc) is 2.78. The molecule has 2 aliphatic rings. The number of phenols is 1. The van der Waals surface area contributed by atoms with Gasteiger partial charge in [0.05, 0.1) is 11.3 Å². The maximum atomic E-state index is 10.1. The van der Waals surface area contributed by atoms with Gasteiger partial charge < -0.3 is 25.1 Å². The fourth-order valence-electron chi connectivity index (χ4n) is 4.89. The highest BCUT2D eigenvalue weighted by molar-refractivity contribution is 5.69. The van der Waals surface area contributed by atoms with E-state index in [2.05, 4.69) is 22.0 Å². The molecule has 164 valence electrons. The van der Waals surface area contributed by atoms with Crippen LogP contribution in [0.5, 0.6) is 5.75 Å². The molecule has 1 heterocycles. The molecule has 3 N–H and O–H groups in total. The first-order chi connectivity index (χ1) is 14.9. The first-order valence-corrected chi connectivity index (χ1v) is 10.5. The molecule has 7 nitrogen and oxygen atoms in total. The van der Waals surface area contributed by atoms with Gasteiger partial charge in [0.25, 0.3) is 0 Å². The van der Waals surface area contributed by atoms with Crippen molar-refractivity contribution in [3.8, 4) is 28.8 Å². The van der Waals surface area contributed by atoms with Crippen molar-refractivity contribution in [1.29, 1.82) is 0 Å². The standard InChI is InChI=1S/C24H29N3O4/c1-29-23(12-10-22(11-13-23)15-24(16-22,30-2)31-3)9-8-17-14-19(26-27-21(17)25)18-6-4-5-7-20(18)28/h4-7,14,28H,10-13,15-16H2,1-3H3,(H2,25,27). The number of benzene rings is 1. The number of ether oxygens (including phenoxy) is 3. The van der Waals surface area contributed by atoms with Crippen LogP contribution < -0.4 is 5.73 Å². The van der Waals surface area contributed by atoms with Gasteiger partial charge in [-0.15, -0.1) is 10.2 Å². The Labute approximate surface area is 182 Å². The summed E-state index contributed by atoms with van der Waals surface area (Å²) >= 11 is 0. The zero-order valence-corrected chi connectivity index (χ0v) is 18.3. The second-order valence-electron chi connectivity index (χ2n) is 8.67. The average molecular weight is 424 g/mol. The Hall–Kier alpha value is -2.66. The molecule has 0 amide bonds. The highest BCUT2D eigenvalue weighted by atomic mass is 16.7. The summed E-state index contributed by atoms with van der Waals surface area (Å²) < 4.78 is 17.0. The first-order valence-electron chi connectivity index (χ1n) is 10.5. The van der Waals surface area contributed by atoms with Gasteiger partial charge in [-0.05, 0) is 49.3 Å². The number of aromatic hydroxyl groups is 1. The Kier molecular flexibility index (Phi) is 5.65. The molecule has 1 spiro atoms. The van der Waals surface area contributed by atoms with E-state index in [0.717, 1.165) is 38.5 Å². The molecular weight excluding hydrogens is 394 g/mol. The van der Waals surface area contributed by atoms with Crippen molar-refractivity contribution in [3.05, 3.63) is 35.9 Å². The molecule has 7 heteroatoms. The second kappa shape index (κ2) is 8.12. The fraction of sp³-hybridized carbons (Fsp3) is 0.500. The van der Waals surface area contributed by atoms with Crippen molar-refractivity contribution in [3.63, 3.8) is 0 Å². The van der Waals surface area contributed by atoms with Crippen LogP contribution in [0.4, 0.5) is 5.82 Å². The summed E-state index contributed by atoms with van der Waals surface area (Å²) in [4.78, 5) is 0. The number of phenolic OH excluding ortho intramolecular Hbond substituents is 1. The number of hydrogen-bond donors (Lipinski definition) is 2. The van der Waals surface area contributed by atoms with E-state index in [9.17, 15) is 5.11 Å². The minimum Gasteiger partial charge on any atom is -0.507 e. The molecule has 0 aliphatic heterocycles. The van der Waals surface area contributed by atoms with Crippen LogP contribution in [0.2, 0.25) is 0 Å². The minimum absolute atomic E-state index is 0.134. The number of methoxy groups -OCH3 is 3. The zero-order chi connectivity index (χ0) is 22.1. The third-order valence-electron chi connectivity index (χ3n) is 6.97. The lowest BCUT2D eigenvalue weighted by Gasteiger charge is -2.57. The van der Waals surface area contributed by atoms with E-state index in [0.29, 0.717) is 16.8 Å². The van der Waals surface area contributed by atoms with Gasteiger partial charge in [-0.25, -0.2) is 0 Å². The number of aromatic nitrogens is 2. The largest absolute Gasteiger partial charge is 0.507 e. The molecule has 1 aromatic carbocycles. The molecule has 2 aliphatic carbocycles. The van der Waals surface area contributed by atoms with Gasteiger partial charge in [-0.2, -0.15) is 0 Å². The Morgan fingerprint density at radius 3 is 2.26 bits per heavy atom. The molecule has 0 atom stereocenters. The van der Waals surface area contributed by atoms with Crippen LogP contribution in [0.25, 0.3) is 11.3 Å². The van der Waals surface area contributed by atoms with Crippen molar-refractivity contribution in [1.82, 2.24) is 10.2 Å². The van der Waals surface area contributed by atoms with Crippen molar-refractivity contribution < 1.29 is 19.3 Å².